The van der Waals surface area contributed by atoms with Crippen LogP contribution in [0.1, 0.15) is 48.8 Å². The molecular formula is C21H24ClNO. The lowest BCUT2D eigenvalue weighted by atomic mass is 9.68. The molecule has 0 saturated heterocycles. The minimum atomic E-state index is -0.409. The maximum atomic E-state index is 13.1. The third-order valence-electron chi connectivity index (χ3n) is 5.11. The van der Waals surface area contributed by atoms with Crippen LogP contribution in [-0.2, 0) is 16.8 Å². The van der Waals surface area contributed by atoms with E-state index < -0.39 is 5.41 Å². The molecule has 0 bridgehead atoms. The van der Waals surface area contributed by atoms with Gasteiger partial charge in [-0.15, -0.1) is 0 Å². The van der Waals surface area contributed by atoms with Crippen LogP contribution in [0.3, 0.4) is 0 Å². The van der Waals surface area contributed by atoms with Crippen molar-refractivity contribution in [1.82, 2.24) is 5.32 Å². The van der Waals surface area contributed by atoms with Gasteiger partial charge in [-0.1, -0.05) is 72.8 Å². The molecule has 1 N–H and O–H groups in total. The molecule has 2 aromatic rings. The number of carbonyl (C=O) groups excluding carboxylic acids is 1. The molecule has 1 fully saturated rings. The highest BCUT2D eigenvalue weighted by atomic mass is 35.5. The number of amides is 1. The molecule has 126 valence electrons. The Morgan fingerprint density at radius 1 is 1.00 bits per heavy atom. The molecule has 0 radical (unpaired) electrons. The Morgan fingerprint density at radius 2 is 1.62 bits per heavy atom. The summed E-state index contributed by atoms with van der Waals surface area (Å²) < 4.78 is 0. The highest BCUT2D eigenvalue weighted by molar-refractivity contribution is 6.30. The van der Waals surface area contributed by atoms with Crippen LogP contribution in [-0.4, -0.2) is 5.91 Å². The van der Waals surface area contributed by atoms with E-state index >= 15 is 0 Å². The third-order valence-corrected chi connectivity index (χ3v) is 5.36. The van der Waals surface area contributed by atoms with Crippen molar-refractivity contribution in [2.45, 2.75) is 51.0 Å². The summed E-state index contributed by atoms with van der Waals surface area (Å²) >= 11 is 6.03. The summed E-state index contributed by atoms with van der Waals surface area (Å²) in [6, 6.07) is 16.1. The molecule has 2 aromatic carbocycles. The van der Waals surface area contributed by atoms with E-state index in [1.807, 2.05) is 24.3 Å². The molecule has 1 amide bonds. The van der Waals surface area contributed by atoms with Crippen molar-refractivity contribution in [2.75, 3.05) is 0 Å². The van der Waals surface area contributed by atoms with Gasteiger partial charge in [-0.3, -0.25) is 4.79 Å². The van der Waals surface area contributed by atoms with Gasteiger partial charge in [0.1, 0.15) is 0 Å². The molecule has 24 heavy (non-hydrogen) atoms. The van der Waals surface area contributed by atoms with E-state index in [0.717, 1.165) is 36.8 Å². The van der Waals surface area contributed by atoms with Gasteiger partial charge in [0.15, 0.2) is 0 Å². The average molecular weight is 342 g/mol. The number of aryl methyl sites for hydroxylation is 1. The summed E-state index contributed by atoms with van der Waals surface area (Å²) in [5.74, 6) is 0.144. The zero-order valence-electron chi connectivity index (χ0n) is 14.1. The van der Waals surface area contributed by atoms with Gasteiger partial charge < -0.3 is 5.32 Å². The topological polar surface area (TPSA) is 29.1 Å². The molecule has 0 aliphatic heterocycles. The largest absolute Gasteiger partial charge is 0.351 e. The number of halogens is 1. The van der Waals surface area contributed by atoms with Crippen LogP contribution in [0.4, 0.5) is 0 Å². The third kappa shape index (κ3) is 3.64. The molecule has 3 heteroatoms. The summed E-state index contributed by atoms with van der Waals surface area (Å²) in [5, 5.41) is 3.88. The Hall–Kier alpha value is -1.80. The van der Waals surface area contributed by atoms with Gasteiger partial charge in [0.2, 0.25) is 5.91 Å². The first-order valence-corrected chi connectivity index (χ1v) is 9.08. The molecule has 0 unspecified atom stereocenters. The lowest BCUT2D eigenvalue weighted by molar-refractivity contribution is -0.128. The van der Waals surface area contributed by atoms with E-state index in [-0.39, 0.29) is 5.91 Å². The van der Waals surface area contributed by atoms with Gasteiger partial charge in [0.25, 0.3) is 0 Å². The molecular weight excluding hydrogens is 318 g/mol. The number of carbonyl (C=O) groups is 1. The van der Waals surface area contributed by atoms with Crippen LogP contribution in [0.5, 0.6) is 0 Å². The van der Waals surface area contributed by atoms with E-state index in [1.165, 1.54) is 12.0 Å². The Bertz CT molecular complexity index is 685. The summed E-state index contributed by atoms with van der Waals surface area (Å²) in [5.41, 5.74) is 3.05. The van der Waals surface area contributed by atoms with Gasteiger partial charge in [0, 0.05) is 11.6 Å². The first-order valence-electron chi connectivity index (χ1n) is 8.70. The molecule has 3 rings (SSSR count). The van der Waals surface area contributed by atoms with Crippen molar-refractivity contribution in [1.29, 1.82) is 0 Å². The van der Waals surface area contributed by atoms with Crippen molar-refractivity contribution in [3.63, 3.8) is 0 Å². The van der Waals surface area contributed by atoms with Crippen LogP contribution >= 0.6 is 11.6 Å². The molecule has 0 aromatic heterocycles. The van der Waals surface area contributed by atoms with Crippen molar-refractivity contribution >= 4 is 17.5 Å². The number of benzene rings is 2. The number of hydrogen-bond acceptors (Lipinski definition) is 1. The molecule has 0 spiro atoms. The first-order chi connectivity index (χ1) is 11.6. The Balaban J connectivity index is 1.78. The van der Waals surface area contributed by atoms with E-state index in [0.29, 0.717) is 11.6 Å². The maximum Gasteiger partial charge on any atom is 0.230 e. The lowest BCUT2D eigenvalue weighted by Gasteiger charge is -2.36. The summed E-state index contributed by atoms with van der Waals surface area (Å²) in [7, 11) is 0. The van der Waals surface area contributed by atoms with E-state index in [9.17, 15) is 4.79 Å². The normalized spacial score (nSPS) is 16.6. The fourth-order valence-corrected chi connectivity index (χ4v) is 3.75. The zero-order chi connectivity index (χ0) is 17.0. The van der Waals surface area contributed by atoms with Crippen molar-refractivity contribution < 1.29 is 4.79 Å². The summed E-state index contributed by atoms with van der Waals surface area (Å²) in [4.78, 5) is 13.1. The van der Waals surface area contributed by atoms with Crippen LogP contribution in [0.2, 0.25) is 5.02 Å². The van der Waals surface area contributed by atoms with Gasteiger partial charge in [0.05, 0.1) is 5.41 Å². The van der Waals surface area contributed by atoms with Gasteiger partial charge in [-0.2, -0.15) is 0 Å². The molecule has 0 atom stereocenters. The fraction of sp³-hybridized carbons (Fsp3) is 0.381. The van der Waals surface area contributed by atoms with E-state index in [1.54, 1.807) is 0 Å². The Kier molecular flexibility index (Phi) is 5.25. The van der Waals surface area contributed by atoms with Gasteiger partial charge in [-0.05, 0) is 43.0 Å². The lowest BCUT2D eigenvalue weighted by Crippen LogP contribution is -2.45. The minimum absolute atomic E-state index is 0.144. The highest BCUT2D eigenvalue weighted by Crippen LogP contribution is 2.40. The number of hydrogen-bond donors (Lipinski definition) is 1. The van der Waals surface area contributed by atoms with Gasteiger partial charge in [-0.25, -0.2) is 0 Å². The van der Waals surface area contributed by atoms with Crippen LogP contribution < -0.4 is 5.32 Å². The smallest absolute Gasteiger partial charge is 0.230 e. The predicted octanol–water partition coefficient (Wildman–Crippen LogP) is 5.17. The fourth-order valence-electron chi connectivity index (χ4n) is 3.63. The van der Waals surface area contributed by atoms with Gasteiger partial charge >= 0.3 is 0 Å². The summed E-state index contributed by atoms with van der Waals surface area (Å²) in [6.45, 7) is 2.65. The SMILES string of the molecule is Cc1ccc(CNC(=O)C2(c3ccc(Cl)cc3)CCCCC2)cc1. The first kappa shape index (κ1) is 17.0. The highest BCUT2D eigenvalue weighted by Gasteiger charge is 2.40. The number of nitrogens with one attached hydrogen (secondary N) is 1. The van der Waals surface area contributed by atoms with E-state index in [4.69, 9.17) is 11.6 Å². The predicted molar refractivity (Wildman–Crippen MR) is 99.2 cm³/mol. The van der Waals surface area contributed by atoms with Crippen molar-refractivity contribution in [3.05, 3.63) is 70.2 Å². The minimum Gasteiger partial charge on any atom is -0.351 e. The second-order valence-electron chi connectivity index (χ2n) is 6.82. The van der Waals surface area contributed by atoms with Crippen molar-refractivity contribution in [3.8, 4) is 0 Å². The number of rotatable bonds is 4. The molecule has 1 aliphatic rings. The molecule has 1 saturated carbocycles. The molecule has 2 nitrogen and oxygen atoms in total. The van der Waals surface area contributed by atoms with Crippen LogP contribution in [0.15, 0.2) is 48.5 Å². The summed E-state index contributed by atoms with van der Waals surface area (Å²) in [6.07, 6.45) is 5.23. The maximum absolute atomic E-state index is 13.1. The standard InChI is InChI=1S/C21H24ClNO/c1-16-5-7-17(8-6-16)15-23-20(24)21(13-3-2-4-14-21)18-9-11-19(22)12-10-18/h5-12H,2-4,13-15H2,1H3,(H,23,24). The Labute approximate surface area is 149 Å². The zero-order valence-corrected chi connectivity index (χ0v) is 14.9. The van der Waals surface area contributed by atoms with Crippen molar-refractivity contribution in [2.24, 2.45) is 0 Å². The van der Waals surface area contributed by atoms with Crippen LogP contribution in [0, 0.1) is 6.92 Å². The van der Waals surface area contributed by atoms with Crippen LogP contribution in [0.25, 0.3) is 0 Å². The monoisotopic (exact) mass is 341 g/mol. The molecule has 0 heterocycles. The quantitative estimate of drug-likeness (QED) is 0.817. The molecule has 1 aliphatic carbocycles. The second-order valence-corrected chi connectivity index (χ2v) is 7.25. The average Bonchev–Trinajstić information content (AvgIpc) is 2.62. The van der Waals surface area contributed by atoms with E-state index in [2.05, 4.69) is 36.5 Å². The Morgan fingerprint density at radius 3 is 2.25 bits per heavy atom. The second kappa shape index (κ2) is 7.40.